The molecule has 3 nitrogen and oxygen atoms in total. The Morgan fingerprint density at radius 3 is 3.00 bits per heavy atom. The smallest absolute Gasteiger partial charge is 0.103 e. The third-order valence-electron chi connectivity index (χ3n) is 2.03. The minimum Gasteiger partial charge on any atom is -0.330 e. The Kier molecular flexibility index (Phi) is 4.12. The summed E-state index contributed by atoms with van der Waals surface area (Å²) in [7, 11) is 0. The van der Waals surface area contributed by atoms with E-state index in [4.69, 9.17) is 5.73 Å². The fourth-order valence-corrected chi connectivity index (χ4v) is 1.37. The fraction of sp³-hybridized carbons (Fsp3) is 0.400. The van der Waals surface area contributed by atoms with Gasteiger partial charge in [0, 0.05) is 0 Å². The van der Waals surface area contributed by atoms with Crippen LogP contribution in [-0.2, 0) is 0 Å². The van der Waals surface area contributed by atoms with E-state index in [1.807, 2.05) is 24.3 Å². The van der Waals surface area contributed by atoms with Crippen molar-refractivity contribution in [3.05, 3.63) is 40.4 Å². The lowest BCUT2D eigenvalue weighted by Crippen LogP contribution is -2.02. The first-order valence-corrected chi connectivity index (χ1v) is 4.41. The minimum absolute atomic E-state index is 0.282. The molecule has 0 aliphatic heterocycles. The monoisotopic (exact) mass is 178 g/mol. The van der Waals surface area contributed by atoms with Crippen molar-refractivity contribution in [2.24, 2.45) is 10.9 Å². The molecule has 0 unspecified atom stereocenters. The van der Waals surface area contributed by atoms with Gasteiger partial charge in [-0.05, 0) is 30.5 Å². The van der Waals surface area contributed by atoms with Gasteiger partial charge < -0.3 is 5.73 Å². The zero-order valence-electron chi connectivity index (χ0n) is 7.57. The Balaban J connectivity index is 2.80. The number of hydrogen-bond donors (Lipinski definition) is 1. The molecule has 0 saturated carbocycles. The number of nitrogens with zero attached hydrogens (tertiary/aromatic N) is 1. The maximum Gasteiger partial charge on any atom is 0.103 e. The third-order valence-corrected chi connectivity index (χ3v) is 2.03. The number of hydrogen-bond acceptors (Lipinski definition) is 3. The van der Waals surface area contributed by atoms with Crippen LogP contribution < -0.4 is 5.73 Å². The predicted octanol–water partition coefficient (Wildman–Crippen LogP) is 1.91. The third kappa shape index (κ3) is 2.95. The van der Waals surface area contributed by atoms with Crippen LogP contribution in [0.15, 0.2) is 40.6 Å². The van der Waals surface area contributed by atoms with Gasteiger partial charge >= 0.3 is 0 Å². The molecule has 0 spiro atoms. The predicted molar refractivity (Wildman–Crippen MR) is 54.3 cm³/mol. The number of allylic oxidation sites excluding steroid dienone is 4. The van der Waals surface area contributed by atoms with E-state index in [-0.39, 0.29) is 6.54 Å². The fourth-order valence-electron chi connectivity index (χ4n) is 1.37. The molecular formula is C10H14N2O. The second kappa shape index (κ2) is 5.43. The Hall–Kier alpha value is -1.22. The highest BCUT2D eigenvalue weighted by Gasteiger charge is 2.04. The average Bonchev–Trinajstić information content (AvgIpc) is 2.33. The summed E-state index contributed by atoms with van der Waals surface area (Å²) in [6, 6.07) is 0. The summed E-state index contributed by atoms with van der Waals surface area (Å²) in [5.74, 6) is 0. The topological polar surface area (TPSA) is 55.4 Å². The SMILES string of the molecule is NCCC1=C(CN=O)CC=CC=C1. The Morgan fingerprint density at radius 1 is 1.46 bits per heavy atom. The molecule has 0 aromatic rings. The van der Waals surface area contributed by atoms with Gasteiger partial charge in [0.25, 0.3) is 0 Å². The van der Waals surface area contributed by atoms with Gasteiger partial charge in [0.05, 0.1) is 0 Å². The van der Waals surface area contributed by atoms with Crippen molar-refractivity contribution in [1.29, 1.82) is 0 Å². The molecule has 0 aromatic heterocycles. The number of nitroso groups, excluding NO2 is 1. The highest BCUT2D eigenvalue weighted by molar-refractivity contribution is 5.33. The van der Waals surface area contributed by atoms with Crippen molar-refractivity contribution < 1.29 is 0 Å². The van der Waals surface area contributed by atoms with Crippen LogP contribution in [0.2, 0.25) is 0 Å². The van der Waals surface area contributed by atoms with Crippen molar-refractivity contribution in [3.8, 4) is 0 Å². The van der Waals surface area contributed by atoms with E-state index in [1.54, 1.807) is 0 Å². The molecule has 0 heterocycles. The molecule has 13 heavy (non-hydrogen) atoms. The van der Waals surface area contributed by atoms with Gasteiger partial charge in [-0.3, -0.25) is 0 Å². The number of nitrogens with two attached hydrogens (primary N) is 1. The van der Waals surface area contributed by atoms with Gasteiger partial charge in [-0.25, -0.2) is 0 Å². The van der Waals surface area contributed by atoms with Crippen LogP contribution in [0.3, 0.4) is 0 Å². The zero-order chi connectivity index (χ0) is 9.52. The average molecular weight is 178 g/mol. The molecule has 3 heteroatoms. The minimum atomic E-state index is 0.282. The molecule has 0 bridgehead atoms. The summed E-state index contributed by atoms with van der Waals surface area (Å²) < 4.78 is 0. The summed E-state index contributed by atoms with van der Waals surface area (Å²) in [6.07, 6.45) is 9.63. The summed E-state index contributed by atoms with van der Waals surface area (Å²) in [4.78, 5) is 10.2. The molecule has 2 N–H and O–H groups in total. The Bertz CT molecular complexity index is 264. The molecule has 0 atom stereocenters. The van der Waals surface area contributed by atoms with Crippen molar-refractivity contribution in [1.82, 2.24) is 0 Å². The summed E-state index contributed by atoms with van der Waals surface area (Å²) in [5.41, 5.74) is 7.72. The molecule has 1 rings (SSSR count). The molecule has 0 fully saturated rings. The van der Waals surface area contributed by atoms with Crippen molar-refractivity contribution in [3.63, 3.8) is 0 Å². The van der Waals surface area contributed by atoms with Gasteiger partial charge in [-0.15, -0.1) is 0 Å². The first-order chi connectivity index (χ1) is 6.38. The maximum absolute atomic E-state index is 10.2. The molecule has 0 amide bonds. The van der Waals surface area contributed by atoms with Crippen LogP contribution in [0.1, 0.15) is 12.8 Å². The van der Waals surface area contributed by atoms with Gasteiger partial charge in [-0.1, -0.05) is 29.5 Å². The molecule has 0 radical (unpaired) electrons. The first kappa shape index (κ1) is 9.86. The van der Waals surface area contributed by atoms with Crippen LogP contribution >= 0.6 is 0 Å². The standard InChI is InChI=1S/C10H14N2O/c11-7-6-9-4-2-1-3-5-10(9)8-12-13/h1-4H,5-8,11H2. The van der Waals surface area contributed by atoms with E-state index in [0.29, 0.717) is 6.54 Å². The number of rotatable bonds is 4. The van der Waals surface area contributed by atoms with Crippen LogP contribution in [0.25, 0.3) is 0 Å². The normalized spacial score (nSPS) is 16.1. The Morgan fingerprint density at radius 2 is 2.31 bits per heavy atom. The van der Waals surface area contributed by atoms with Gasteiger partial charge in [0.1, 0.15) is 6.54 Å². The highest BCUT2D eigenvalue weighted by atomic mass is 16.3. The summed E-state index contributed by atoms with van der Waals surface area (Å²) in [6.45, 7) is 0.895. The molecular weight excluding hydrogens is 164 g/mol. The van der Waals surface area contributed by atoms with Crippen molar-refractivity contribution in [2.45, 2.75) is 12.8 Å². The second-order valence-corrected chi connectivity index (χ2v) is 2.95. The molecule has 0 saturated heterocycles. The summed E-state index contributed by atoms with van der Waals surface area (Å²) >= 11 is 0. The van der Waals surface area contributed by atoms with Crippen molar-refractivity contribution in [2.75, 3.05) is 13.1 Å². The second-order valence-electron chi connectivity index (χ2n) is 2.95. The van der Waals surface area contributed by atoms with Gasteiger partial charge in [0.15, 0.2) is 0 Å². The largest absolute Gasteiger partial charge is 0.330 e. The van der Waals surface area contributed by atoms with Crippen LogP contribution in [-0.4, -0.2) is 13.1 Å². The van der Waals surface area contributed by atoms with Crippen LogP contribution in [0.4, 0.5) is 0 Å². The lowest BCUT2D eigenvalue weighted by molar-refractivity contribution is 0.927. The van der Waals surface area contributed by atoms with Gasteiger partial charge in [0.2, 0.25) is 0 Å². The molecule has 70 valence electrons. The van der Waals surface area contributed by atoms with Crippen LogP contribution in [0.5, 0.6) is 0 Å². The Labute approximate surface area is 78.0 Å². The highest BCUT2D eigenvalue weighted by Crippen LogP contribution is 2.17. The summed E-state index contributed by atoms with van der Waals surface area (Å²) in [5, 5.41) is 2.92. The molecule has 1 aliphatic rings. The first-order valence-electron chi connectivity index (χ1n) is 4.41. The van der Waals surface area contributed by atoms with Gasteiger partial charge in [-0.2, -0.15) is 4.91 Å². The van der Waals surface area contributed by atoms with Crippen LogP contribution in [0, 0.1) is 4.91 Å². The maximum atomic E-state index is 10.2. The van der Waals surface area contributed by atoms with E-state index < -0.39 is 0 Å². The van der Waals surface area contributed by atoms with E-state index in [2.05, 4.69) is 5.18 Å². The van der Waals surface area contributed by atoms with Crippen molar-refractivity contribution >= 4 is 0 Å². The van der Waals surface area contributed by atoms with E-state index in [1.165, 1.54) is 0 Å². The lowest BCUT2D eigenvalue weighted by Gasteiger charge is -2.05. The van der Waals surface area contributed by atoms with E-state index in [0.717, 1.165) is 24.0 Å². The molecule has 1 aliphatic carbocycles. The van der Waals surface area contributed by atoms with E-state index >= 15 is 0 Å². The lowest BCUT2D eigenvalue weighted by atomic mass is 10.0. The zero-order valence-corrected chi connectivity index (χ0v) is 7.57. The quantitative estimate of drug-likeness (QED) is 0.668. The van der Waals surface area contributed by atoms with E-state index in [9.17, 15) is 4.91 Å². The molecule has 0 aromatic carbocycles.